The van der Waals surface area contributed by atoms with Gasteiger partial charge in [0.25, 0.3) is 0 Å². The van der Waals surface area contributed by atoms with Gasteiger partial charge in [-0.15, -0.1) is 11.8 Å². The number of para-hydroxylation sites is 1. The minimum absolute atomic E-state index is 0.0759. The van der Waals surface area contributed by atoms with Crippen molar-refractivity contribution in [2.24, 2.45) is 0 Å². The van der Waals surface area contributed by atoms with Gasteiger partial charge in [-0.1, -0.05) is 26.0 Å². The minimum atomic E-state index is 0.0759. The molecule has 1 amide bonds. The Bertz CT molecular complexity index is 364. The number of nitrogens with two attached hydrogens (primary N) is 1. The number of benzene rings is 1. The molecule has 0 aliphatic rings. The van der Waals surface area contributed by atoms with E-state index >= 15 is 0 Å². The van der Waals surface area contributed by atoms with Gasteiger partial charge in [-0.2, -0.15) is 0 Å². The Labute approximate surface area is 107 Å². The lowest BCUT2D eigenvalue weighted by molar-refractivity contribution is -0.119. The molecule has 0 aromatic heterocycles. The summed E-state index contributed by atoms with van der Waals surface area (Å²) in [4.78, 5) is 12.6. The van der Waals surface area contributed by atoms with E-state index in [2.05, 4.69) is 19.2 Å². The van der Waals surface area contributed by atoms with Crippen molar-refractivity contribution in [3.63, 3.8) is 0 Å². The van der Waals surface area contributed by atoms with Crippen LogP contribution in [0.25, 0.3) is 0 Å². The first-order chi connectivity index (χ1) is 8.17. The van der Waals surface area contributed by atoms with Crippen molar-refractivity contribution in [2.45, 2.75) is 37.6 Å². The Morgan fingerprint density at radius 3 is 2.59 bits per heavy atom. The van der Waals surface area contributed by atoms with Gasteiger partial charge in [-0.05, 0) is 25.0 Å². The molecule has 0 bridgehead atoms. The van der Waals surface area contributed by atoms with Gasteiger partial charge >= 0.3 is 0 Å². The molecule has 0 heterocycles. The van der Waals surface area contributed by atoms with Gasteiger partial charge in [-0.3, -0.25) is 4.79 Å². The van der Waals surface area contributed by atoms with Gasteiger partial charge in [0, 0.05) is 16.6 Å². The van der Waals surface area contributed by atoms with Gasteiger partial charge in [0.1, 0.15) is 0 Å². The molecule has 0 atom stereocenters. The summed E-state index contributed by atoms with van der Waals surface area (Å²) in [5, 5.41) is 3.01. The van der Waals surface area contributed by atoms with Crippen molar-refractivity contribution in [1.29, 1.82) is 0 Å². The van der Waals surface area contributed by atoms with Crippen LogP contribution < -0.4 is 11.1 Å². The lowest BCUT2D eigenvalue weighted by Gasteiger charge is -2.14. The third-order valence-electron chi connectivity index (χ3n) is 2.63. The van der Waals surface area contributed by atoms with Crippen LogP contribution in [0.4, 0.5) is 5.69 Å². The molecule has 1 aromatic carbocycles. The van der Waals surface area contributed by atoms with E-state index < -0.39 is 0 Å². The lowest BCUT2D eigenvalue weighted by Crippen LogP contribution is -2.34. The molecule has 0 spiro atoms. The Balaban J connectivity index is 2.41. The lowest BCUT2D eigenvalue weighted by atomic mass is 10.2. The second-order valence-corrected chi connectivity index (χ2v) is 4.92. The van der Waals surface area contributed by atoms with Crippen molar-refractivity contribution < 1.29 is 4.79 Å². The number of nitrogen functional groups attached to an aromatic ring is 1. The molecule has 4 heteroatoms. The highest BCUT2D eigenvalue weighted by Gasteiger charge is 2.09. The van der Waals surface area contributed by atoms with Crippen molar-refractivity contribution >= 4 is 23.4 Å². The summed E-state index contributed by atoms with van der Waals surface area (Å²) in [5.41, 5.74) is 6.54. The molecule has 1 rings (SSSR count). The first-order valence-corrected chi connectivity index (χ1v) is 6.92. The number of carbonyl (C=O) groups excluding carboxylic acids is 1. The summed E-state index contributed by atoms with van der Waals surface area (Å²) in [6, 6.07) is 7.89. The first kappa shape index (κ1) is 13.9. The smallest absolute Gasteiger partial charge is 0.230 e. The topological polar surface area (TPSA) is 55.1 Å². The zero-order chi connectivity index (χ0) is 12.7. The molecular weight excluding hydrogens is 232 g/mol. The Kier molecular flexibility index (Phi) is 5.91. The number of carbonyl (C=O) groups is 1. The highest BCUT2D eigenvalue weighted by Crippen LogP contribution is 2.23. The molecule has 0 saturated heterocycles. The zero-order valence-corrected chi connectivity index (χ0v) is 11.2. The van der Waals surface area contributed by atoms with Gasteiger partial charge < -0.3 is 11.1 Å². The molecule has 0 fully saturated rings. The number of anilines is 1. The summed E-state index contributed by atoms with van der Waals surface area (Å²) < 4.78 is 0. The zero-order valence-electron chi connectivity index (χ0n) is 10.4. The SMILES string of the molecule is CCC(CC)NC(=O)CSc1ccccc1N. The van der Waals surface area contributed by atoms with E-state index in [0.717, 1.165) is 23.4 Å². The van der Waals surface area contributed by atoms with Gasteiger partial charge in [0.2, 0.25) is 5.91 Å². The van der Waals surface area contributed by atoms with E-state index in [1.54, 1.807) is 0 Å². The van der Waals surface area contributed by atoms with Crippen LogP contribution >= 0.6 is 11.8 Å². The number of nitrogens with one attached hydrogen (secondary N) is 1. The van der Waals surface area contributed by atoms with E-state index in [0.29, 0.717) is 5.75 Å². The van der Waals surface area contributed by atoms with Crippen LogP contribution in [0, 0.1) is 0 Å². The summed E-state index contributed by atoms with van der Waals surface area (Å²) in [5.74, 6) is 0.497. The van der Waals surface area contributed by atoms with Crippen molar-refractivity contribution in [1.82, 2.24) is 5.32 Å². The summed E-state index contributed by atoms with van der Waals surface area (Å²) in [6.45, 7) is 4.16. The van der Waals surface area contributed by atoms with Gasteiger partial charge in [-0.25, -0.2) is 0 Å². The average Bonchev–Trinajstić information content (AvgIpc) is 2.35. The van der Waals surface area contributed by atoms with Crippen LogP contribution in [0.5, 0.6) is 0 Å². The standard InChI is InChI=1S/C13H20N2OS/c1-3-10(4-2)15-13(16)9-17-12-8-6-5-7-11(12)14/h5-8,10H,3-4,9,14H2,1-2H3,(H,15,16). The fourth-order valence-corrected chi connectivity index (χ4v) is 2.30. The molecule has 0 saturated carbocycles. The van der Waals surface area contributed by atoms with Crippen LogP contribution in [0.15, 0.2) is 29.2 Å². The molecule has 1 aromatic rings. The maximum Gasteiger partial charge on any atom is 0.230 e. The number of hydrogen-bond donors (Lipinski definition) is 2. The quantitative estimate of drug-likeness (QED) is 0.604. The normalized spacial score (nSPS) is 10.5. The molecule has 0 aliphatic heterocycles. The summed E-state index contributed by atoms with van der Waals surface area (Å²) in [7, 11) is 0. The number of thioether (sulfide) groups is 1. The van der Waals surface area contributed by atoms with Crippen LogP contribution in [0.3, 0.4) is 0 Å². The predicted octanol–water partition coefficient (Wildman–Crippen LogP) is 2.67. The predicted molar refractivity (Wildman–Crippen MR) is 74.1 cm³/mol. The van der Waals surface area contributed by atoms with Crippen molar-refractivity contribution in [3.05, 3.63) is 24.3 Å². The Morgan fingerprint density at radius 2 is 2.00 bits per heavy atom. The highest BCUT2D eigenvalue weighted by molar-refractivity contribution is 8.00. The van der Waals surface area contributed by atoms with Crippen LogP contribution in [-0.2, 0) is 4.79 Å². The van der Waals surface area contributed by atoms with Crippen LogP contribution in [0.1, 0.15) is 26.7 Å². The molecule has 0 radical (unpaired) electrons. The van der Waals surface area contributed by atoms with E-state index in [1.165, 1.54) is 11.8 Å². The maximum atomic E-state index is 11.7. The van der Waals surface area contributed by atoms with Gasteiger partial charge in [0.05, 0.1) is 5.75 Å². The maximum absolute atomic E-state index is 11.7. The number of hydrogen-bond acceptors (Lipinski definition) is 3. The fraction of sp³-hybridized carbons (Fsp3) is 0.462. The Morgan fingerprint density at radius 1 is 1.35 bits per heavy atom. The summed E-state index contributed by atoms with van der Waals surface area (Å²) in [6.07, 6.45) is 1.95. The molecule has 0 aliphatic carbocycles. The second kappa shape index (κ2) is 7.22. The van der Waals surface area contributed by atoms with E-state index in [1.807, 2.05) is 24.3 Å². The molecule has 17 heavy (non-hydrogen) atoms. The number of amides is 1. The Hall–Kier alpha value is -1.16. The van der Waals surface area contributed by atoms with Crippen LogP contribution in [-0.4, -0.2) is 17.7 Å². The molecule has 0 unspecified atom stereocenters. The van der Waals surface area contributed by atoms with Crippen LogP contribution in [0.2, 0.25) is 0 Å². The van der Waals surface area contributed by atoms with Crippen molar-refractivity contribution in [2.75, 3.05) is 11.5 Å². The fourth-order valence-electron chi connectivity index (χ4n) is 1.52. The largest absolute Gasteiger partial charge is 0.398 e. The first-order valence-electron chi connectivity index (χ1n) is 5.94. The summed E-state index contributed by atoms with van der Waals surface area (Å²) >= 11 is 1.48. The number of rotatable bonds is 6. The molecular formula is C13H20N2OS. The monoisotopic (exact) mass is 252 g/mol. The third-order valence-corrected chi connectivity index (χ3v) is 3.72. The molecule has 94 valence electrons. The van der Waals surface area contributed by atoms with Crippen molar-refractivity contribution in [3.8, 4) is 0 Å². The van der Waals surface area contributed by atoms with E-state index in [4.69, 9.17) is 5.73 Å². The molecule has 3 N–H and O–H groups in total. The second-order valence-electron chi connectivity index (χ2n) is 3.91. The molecule has 3 nitrogen and oxygen atoms in total. The highest BCUT2D eigenvalue weighted by atomic mass is 32.2. The van der Waals surface area contributed by atoms with E-state index in [9.17, 15) is 4.79 Å². The van der Waals surface area contributed by atoms with Gasteiger partial charge in [0.15, 0.2) is 0 Å². The van der Waals surface area contributed by atoms with E-state index in [-0.39, 0.29) is 11.9 Å². The third kappa shape index (κ3) is 4.69. The average molecular weight is 252 g/mol. The minimum Gasteiger partial charge on any atom is -0.398 e.